The summed E-state index contributed by atoms with van der Waals surface area (Å²) < 4.78 is 2.61. The molecule has 0 radical (unpaired) electrons. The molecule has 2 rings (SSSR count). The van der Waals surface area contributed by atoms with Gasteiger partial charge in [-0.05, 0) is 6.92 Å². The third-order valence-corrected chi connectivity index (χ3v) is 1.83. The van der Waals surface area contributed by atoms with E-state index < -0.39 is 6.10 Å². The molecular formula is C8H10N4O2. The largest absolute Gasteiger partial charge is 0.391 e. The number of aliphatic hydroxyl groups is 1. The summed E-state index contributed by atoms with van der Waals surface area (Å²) in [6, 6.07) is 0. The normalized spacial score (nSPS) is 13.3. The molecule has 0 fully saturated rings. The maximum Gasteiger partial charge on any atom is 0.350 e. The molecule has 14 heavy (non-hydrogen) atoms. The Bertz CT molecular complexity index is 499. The Hall–Kier alpha value is -1.69. The van der Waals surface area contributed by atoms with Crippen LogP contribution in [0.15, 0.2) is 23.4 Å². The molecule has 1 atom stereocenters. The molecule has 74 valence electrons. The number of nitrogens with zero attached hydrogens (tertiary/aromatic N) is 4. The van der Waals surface area contributed by atoms with Crippen LogP contribution in [0.3, 0.4) is 0 Å². The summed E-state index contributed by atoms with van der Waals surface area (Å²) in [5.41, 5.74) is 0.224. The van der Waals surface area contributed by atoms with Gasteiger partial charge in [-0.15, -0.1) is 5.10 Å². The van der Waals surface area contributed by atoms with Crippen LogP contribution in [0.2, 0.25) is 0 Å². The van der Waals surface area contributed by atoms with Crippen LogP contribution >= 0.6 is 0 Å². The van der Waals surface area contributed by atoms with Crippen molar-refractivity contribution >= 4 is 5.65 Å². The minimum absolute atomic E-state index is 0.195. The molecule has 0 aromatic carbocycles. The van der Waals surface area contributed by atoms with Crippen LogP contribution in [0.5, 0.6) is 0 Å². The highest BCUT2D eigenvalue weighted by atomic mass is 16.3. The van der Waals surface area contributed by atoms with E-state index in [2.05, 4.69) is 10.1 Å². The molecule has 0 unspecified atom stereocenters. The van der Waals surface area contributed by atoms with E-state index >= 15 is 0 Å². The lowest BCUT2D eigenvalue weighted by atomic mass is 10.4. The van der Waals surface area contributed by atoms with E-state index in [1.807, 2.05) is 0 Å². The highest BCUT2D eigenvalue weighted by Crippen LogP contribution is 1.93. The lowest BCUT2D eigenvalue weighted by Crippen LogP contribution is -2.25. The summed E-state index contributed by atoms with van der Waals surface area (Å²) in [5.74, 6) is 0. The van der Waals surface area contributed by atoms with Crippen LogP contribution in [-0.2, 0) is 6.54 Å². The SMILES string of the molecule is C[C@H](O)Cn1nc2cnccn2c1=O. The fraction of sp³-hybridized carbons (Fsp3) is 0.375. The quantitative estimate of drug-likeness (QED) is 0.684. The van der Waals surface area contributed by atoms with Gasteiger partial charge in [-0.3, -0.25) is 4.98 Å². The van der Waals surface area contributed by atoms with E-state index in [1.54, 1.807) is 13.1 Å². The van der Waals surface area contributed by atoms with Crippen LogP contribution in [0.4, 0.5) is 0 Å². The molecule has 2 aromatic heterocycles. The number of hydrogen-bond acceptors (Lipinski definition) is 4. The first kappa shape index (κ1) is 8.89. The van der Waals surface area contributed by atoms with Gasteiger partial charge >= 0.3 is 5.69 Å². The summed E-state index contributed by atoms with van der Waals surface area (Å²) >= 11 is 0. The maximum absolute atomic E-state index is 11.6. The highest BCUT2D eigenvalue weighted by molar-refractivity contribution is 5.31. The molecule has 0 aliphatic rings. The Morgan fingerprint density at radius 3 is 3.07 bits per heavy atom. The van der Waals surface area contributed by atoms with E-state index in [0.29, 0.717) is 5.65 Å². The number of hydrogen-bond donors (Lipinski definition) is 1. The van der Waals surface area contributed by atoms with Gasteiger partial charge in [0, 0.05) is 12.4 Å². The fourth-order valence-corrected chi connectivity index (χ4v) is 1.25. The van der Waals surface area contributed by atoms with Crippen molar-refractivity contribution in [2.45, 2.75) is 19.6 Å². The standard InChI is InChI=1S/C8H10N4O2/c1-6(13)5-12-8(14)11-3-2-9-4-7(11)10-12/h2-4,6,13H,5H2,1H3/t6-/m0/s1. The van der Waals surface area contributed by atoms with Gasteiger partial charge in [0.2, 0.25) is 0 Å². The number of aromatic nitrogens is 4. The number of fused-ring (bicyclic) bond motifs is 1. The lowest BCUT2D eigenvalue weighted by Gasteiger charge is -2.00. The molecule has 0 aliphatic heterocycles. The summed E-state index contributed by atoms with van der Waals surface area (Å²) in [4.78, 5) is 15.4. The van der Waals surface area contributed by atoms with E-state index in [4.69, 9.17) is 5.11 Å². The van der Waals surface area contributed by atoms with Gasteiger partial charge in [0.15, 0.2) is 5.65 Å². The molecule has 0 spiro atoms. The molecule has 0 amide bonds. The summed E-state index contributed by atoms with van der Waals surface area (Å²) in [6.45, 7) is 1.80. The second kappa shape index (κ2) is 3.22. The third-order valence-electron chi connectivity index (χ3n) is 1.83. The predicted octanol–water partition coefficient (Wildman–Crippen LogP) is -0.728. The molecule has 0 saturated heterocycles. The van der Waals surface area contributed by atoms with Crippen molar-refractivity contribution in [3.63, 3.8) is 0 Å². The Labute approximate surface area is 79.4 Å². The summed E-state index contributed by atoms with van der Waals surface area (Å²) in [5, 5.41) is 13.1. The van der Waals surface area contributed by atoms with Crippen LogP contribution in [0, 0.1) is 0 Å². The van der Waals surface area contributed by atoms with Gasteiger partial charge in [0.25, 0.3) is 0 Å². The third kappa shape index (κ3) is 1.39. The first-order valence-corrected chi connectivity index (χ1v) is 4.26. The minimum atomic E-state index is -0.592. The second-order valence-electron chi connectivity index (χ2n) is 3.12. The number of aliphatic hydroxyl groups excluding tert-OH is 1. The Morgan fingerprint density at radius 2 is 2.43 bits per heavy atom. The van der Waals surface area contributed by atoms with Gasteiger partial charge in [-0.1, -0.05) is 0 Å². The Morgan fingerprint density at radius 1 is 1.64 bits per heavy atom. The topological polar surface area (TPSA) is 72.4 Å². The van der Waals surface area contributed by atoms with Crippen molar-refractivity contribution in [1.29, 1.82) is 0 Å². The molecule has 6 nitrogen and oxygen atoms in total. The Balaban J connectivity index is 2.57. The van der Waals surface area contributed by atoms with Crippen LogP contribution in [-0.4, -0.2) is 30.4 Å². The average Bonchev–Trinajstić information content (AvgIpc) is 2.44. The predicted molar refractivity (Wildman–Crippen MR) is 48.9 cm³/mol. The van der Waals surface area contributed by atoms with Crippen molar-refractivity contribution in [3.8, 4) is 0 Å². The van der Waals surface area contributed by atoms with E-state index in [9.17, 15) is 4.79 Å². The second-order valence-corrected chi connectivity index (χ2v) is 3.12. The maximum atomic E-state index is 11.6. The van der Waals surface area contributed by atoms with Crippen molar-refractivity contribution in [2.75, 3.05) is 0 Å². The zero-order valence-electron chi connectivity index (χ0n) is 7.66. The van der Waals surface area contributed by atoms with E-state index in [-0.39, 0.29) is 12.2 Å². The van der Waals surface area contributed by atoms with Gasteiger partial charge in [-0.2, -0.15) is 0 Å². The lowest BCUT2D eigenvalue weighted by molar-refractivity contribution is 0.167. The van der Waals surface area contributed by atoms with Gasteiger partial charge in [0.05, 0.1) is 18.8 Å². The number of rotatable bonds is 2. The van der Waals surface area contributed by atoms with Crippen molar-refractivity contribution < 1.29 is 5.11 Å². The zero-order valence-corrected chi connectivity index (χ0v) is 7.66. The summed E-state index contributed by atoms with van der Waals surface area (Å²) in [6.07, 6.45) is 3.97. The van der Waals surface area contributed by atoms with E-state index in [0.717, 1.165) is 0 Å². The molecule has 0 bridgehead atoms. The van der Waals surface area contributed by atoms with Crippen LogP contribution in [0.25, 0.3) is 5.65 Å². The molecule has 2 aromatic rings. The molecule has 2 heterocycles. The molecule has 0 saturated carbocycles. The van der Waals surface area contributed by atoms with Gasteiger partial charge < -0.3 is 5.11 Å². The van der Waals surface area contributed by atoms with Gasteiger partial charge in [0.1, 0.15) is 0 Å². The van der Waals surface area contributed by atoms with E-state index in [1.165, 1.54) is 21.5 Å². The van der Waals surface area contributed by atoms with Crippen molar-refractivity contribution in [2.24, 2.45) is 0 Å². The summed E-state index contributed by atoms with van der Waals surface area (Å²) in [7, 11) is 0. The average molecular weight is 194 g/mol. The highest BCUT2D eigenvalue weighted by Gasteiger charge is 2.07. The first-order valence-electron chi connectivity index (χ1n) is 4.26. The minimum Gasteiger partial charge on any atom is -0.391 e. The Kier molecular flexibility index (Phi) is 2.05. The monoisotopic (exact) mass is 194 g/mol. The molecule has 0 aliphatic carbocycles. The molecule has 6 heteroatoms. The fourth-order valence-electron chi connectivity index (χ4n) is 1.25. The van der Waals surface area contributed by atoms with Crippen LogP contribution in [0.1, 0.15) is 6.92 Å². The first-order chi connectivity index (χ1) is 6.68. The van der Waals surface area contributed by atoms with Gasteiger partial charge in [-0.25, -0.2) is 13.9 Å². The molecule has 1 N–H and O–H groups in total. The molecular weight excluding hydrogens is 184 g/mol. The van der Waals surface area contributed by atoms with Crippen molar-refractivity contribution in [1.82, 2.24) is 19.2 Å². The van der Waals surface area contributed by atoms with Crippen molar-refractivity contribution in [3.05, 3.63) is 29.1 Å². The van der Waals surface area contributed by atoms with Crippen LogP contribution < -0.4 is 5.69 Å². The smallest absolute Gasteiger partial charge is 0.350 e. The zero-order chi connectivity index (χ0) is 10.1.